The number of carbonyl (C=O) groups excluding carboxylic acids is 4. The lowest BCUT2D eigenvalue weighted by Gasteiger charge is -2.41. The highest BCUT2D eigenvalue weighted by Crippen LogP contribution is 2.67. The number of hydrogen-bond acceptors (Lipinski definition) is 11. The van der Waals surface area contributed by atoms with Crippen molar-refractivity contribution in [3.8, 4) is 0 Å². The van der Waals surface area contributed by atoms with Crippen LogP contribution in [0.5, 0.6) is 0 Å². The first-order valence-electron chi connectivity index (χ1n) is 15.7. The minimum Gasteiger partial charge on any atom is -0.454 e. The topological polar surface area (TPSA) is 152 Å². The minimum atomic E-state index is -1.81. The SMILES string of the molecule is Cc1cc(=O)oc2c3c(ccc12)S(=O)[C@H](C)[C@H](OC(=O)[C@@]12CC[C@@](C)(C(=O)O1)C2(C)C)[C@@H]3OC(=O)[C@@]12CC[C@@](C)(C(=O)O1)C2(C)C. The second-order valence-corrected chi connectivity index (χ2v) is 16.9. The molecule has 2 saturated carbocycles. The smallest absolute Gasteiger partial charge is 0.351 e. The predicted molar refractivity (Wildman–Crippen MR) is 162 cm³/mol. The maximum absolute atomic E-state index is 14.4. The highest BCUT2D eigenvalue weighted by atomic mass is 32.2. The molecule has 46 heavy (non-hydrogen) atoms. The molecule has 12 heteroatoms. The molecule has 4 fully saturated rings. The van der Waals surface area contributed by atoms with Crippen molar-refractivity contribution in [2.75, 3.05) is 0 Å². The molecule has 8 atom stereocenters. The van der Waals surface area contributed by atoms with Crippen molar-refractivity contribution in [2.24, 2.45) is 21.7 Å². The van der Waals surface area contributed by atoms with Crippen molar-refractivity contribution >= 4 is 45.6 Å². The highest BCUT2D eigenvalue weighted by molar-refractivity contribution is 7.85. The minimum absolute atomic E-state index is 0.0530. The molecule has 1 aromatic carbocycles. The number of esters is 4. The van der Waals surface area contributed by atoms with Gasteiger partial charge in [-0.25, -0.2) is 14.4 Å². The fourth-order valence-corrected chi connectivity index (χ4v) is 10.2. The molecule has 0 N–H and O–H groups in total. The van der Waals surface area contributed by atoms with Crippen molar-refractivity contribution in [1.29, 1.82) is 0 Å². The molecule has 5 aliphatic rings. The number of rotatable bonds is 4. The van der Waals surface area contributed by atoms with Gasteiger partial charge in [-0.1, -0.05) is 27.7 Å². The van der Waals surface area contributed by atoms with Crippen molar-refractivity contribution in [3.63, 3.8) is 0 Å². The maximum Gasteiger partial charge on any atom is 0.351 e. The Balaban J connectivity index is 1.37. The zero-order valence-corrected chi connectivity index (χ0v) is 28.0. The molecular weight excluding hydrogens is 616 g/mol. The van der Waals surface area contributed by atoms with Gasteiger partial charge in [-0.2, -0.15) is 0 Å². The summed E-state index contributed by atoms with van der Waals surface area (Å²) in [5, 5.41) is -0.385. The number of hydrogen-bond donors (Lipinski definition) is 0. The van der Waals surface area contributed by atoms with Crippen LogP contribution in [0.15, 0.2) is 32.3 Å². The number of benzene rings is 1. The summed E-state index contributed by atoms with van der Waals surface area (Å²) in [6, 6.07) is 4.63. The van der Waals surface area contributed by atoms with Crippen molar-refractivity contribution in [1.82, 2.24) is 0 Å². The van der Waals surface area contributed by atoms with E-state index >= 15 is 0 Å². The number of aryl methyl sites for hydroxylation is 1. The molecule has 0 radical (unpaired) electrons. The van der Waals surface area contributed by atoms with Gasteiger partial charge in [0.05, 0.1) is 37.3 Å². The second kappa shape index (κ2) is 9.08. The van der Waals surface area contributed by atoms with Crippen LogP contribution in [0.2, 0.25) is 0 Å². The number of ether oxygens (including phenoxy) is 4. The van der Waals surface area contributed by atoms with Crippen LogP contribution in [-0.4, -0.2) is 50.6 Å². The van der Waals surface area contributed by atoms with Crippen LogP contribution in [0.3, 0.4) is 0 Å². The van der Waals surface area contributed by atoms with E-state index < -0.39 is 90.6 Å². The lowest BCUT2D eigenvalue weighted by atomic mass is 9.66. The summed E-state index contributed by atoms with van der Waals surface area (Å²) in [6.45, 7) is 14.0. The van der Waals surface area contributed by atoms with Gasteiger partial charge >= 0.3 is 29.5 Å². The van der Waals surface area contributed by atoms with Gasteiger partial charge in [0.1, 0.15) is 5.58 Å². The lowest BCUT2D eigenvalue weighted by Crippen LogP contribution is -2.54. The number of carbonyl (C=O) groups is 4. The van der Waals surface area contributed by atoms with E-state index in [0.29, 0.717) is 23.8 Å². The molecule has 11 nitrogen and oxygen atoms in total. The molecule has 0 spiro atoms. The van der Waals surface area contributed by atoms with Gasteiger partial charge in [0.15, 0.2) is 12.2 Å². The van der Waals surface area contributed by atoms with Crippen LogP contribution in [0, 0.1) is 28.6 Å². The van der Waals surface area contributed by atoms with Crippen LogP contribution in [0.25, 0.3) is 11.0 Å². The molecule has 2 aromatic rings. The van der Waals surface area contributed by atoms with E-state index in [4.69, 9.17) is 23.4 Å². The van der Waals surface area contributed by atoms with E-state index in [2.05, 4.69) is 0 Å². The summed E-state index contributed by atoms with van der Waals surface area (Å²) >= 11 is 0. The van der Waals surface area contributed by atoms with Gasteiger partial charge in [-0.05, 0) is 71.1 Å². The standard InChI is InChI=1S/C34H38O11S/c1-16-15-20(35)41-23-18(16)9-10-19-21(23)24(43-28(39)34-14-12-32(8,26(37)45-34)30(34,5)6)22(17(2)46(19)40)42-27(38)33-13-11-31(7,25(36)44-33)29(33,3)4/h9-10,15,17,22,24H,11-14H2,1-8H3/t17-,22+,24-,31+,32+,33-,34-,46?/m1/s1. The Morgan fingerprint density at radius 3 is 1.83 bits per heavy atom. The van der Waals surface area contributed by atoms with Gasteiger partial charge in [0, 0.05) is 22.3 Å². The molecule has 2 aliphatic carbocycles. The summed E-state index contributed by atoms with van der Waals surface area (Å²) < 4.78 is 43.8. The molecule has 7 rings (SSSR count). The first kappa shape index (κ1) is 31.1. The molecule has 1 unspecified atom stereocenters. The van der Waals surface area contributed by atoms with Gasteiger partial charge in [-0.3, -0.25) is 13.8 Å². The van der Waals surface area contributed by atoms with Crippen LogP contribution in [0.4, 0.5) is 0 Å². The largest absolute Gasteiger partial charge is 0.454 e. The van der Waals surface area contributed by atoms with Crippen molar-refractivity contribution in [3.05, 3.63) is 39.7 Å². The summed E-state index contributed by atoms with van der Waals surface area (Å²) in [6.07, 6.45) is -1.47. The summed E-state index contributed by atoms with van der Waals surface area (Å²) in [4.78, 5) is 67.6. The quantitative estimate of drug-likeness (QED) is 0.263. The Hall–Kier alpha value is -3.54. The van der Waals surface area contributed by atoms with Crippen LogP contribution >= 0.6 is 0 Å². The van der Waals surface area contributed by atoms with Gasteiger partial charge in [0.2, 0.25) is 11.2 Å². The average molecular weight is 655 g/mol. The predicted octanol–water partition coefficient (Wildman–Crippen LogP) is 4.35. The lowest BCUT2D eigenvalue weighted by molar-refractivity contribution is -0.202. The first-order valence-corrected chi connectivity index (χ1v) is 16.9. The Kier molecular flexibility index (Phi) is 6.13. The van der Waals surface area contributed by atoms with Crippen LogP contribution in [0.1, 0.15) is 91.4 Å². The van der Waals surface area contributed by atoms with Gasteiger partial charge < -0.3 is 23.4 Å². The molecule has 4 bridgehead atoms. The highest BCUT2D eigenvalue weighted by Gasteiger charge is 2.78. The molecule has 0 amide bonds. The van der Waals surface area contributed by atoms with E-state index in [1.54, 1.807) is 67.5 Å². The summed E-state index contributed by atoms with van der Waals surface area (Å²) in [7, 11) is -1.81. The fourth-order valence-electron chi connectivity index (χ4n) is 8.68. The molecular formula is C34H38O11S. The van der Waals surface area contributed by atoms with Crippen LogP contribution < -0.4 is 5.63 Å². The molecule has 246 valence electrons. The third kappa shape index (κ3) is 3.33. The Morgan fingerprint density at radius 1 is 0.826 bits per heavy atom. The maximum atomic E-state index is 14.4. The van der Waals surface area contributed by atoms with Crippen molar-refractivity contribution < 1.29 is 46.8 Å². The third-order valence-electron chi connectivity index (χ3n) is 13.0. The number of fused-ring (bicyclic) bond motifs is 7. The Bertz CT molecular complexity index is 1870. The van der Waals surface area contributed by atoms with Gasteiger partial charge in [0.25, 0.3) is 0 Å². The van der Waals surface area contributed by atoms with Crippen LogP contribution in [-0.2, 0) is 48.9 Å². The second-order valence-electron chi connectivity index (χ2n) is 15.1. The zero-order valence-electron chi connectivity index (χ0n) is 27.2. The molecule has 2 saturated heterocycles. The normalized spacial score (nSPS) is 39.6. The Morgan fingerprint density at radius 2 is 1.35 bits per heavy atom. The monoisotopic (exact) mass is 654 g/mol. The van der Waals surface area contributed by atoms with E-state index in [9.17, 15) is 28.2 Å². The first-order chi connectivity index (χ1) is 21.3. The summed E-state index contributed by atoms with van der Waals surface area (Å²) in [5.41, 5.74) is -6.82. The molecule has 4 heterocycles. The fraction of sp³-hybridized carbons (Fsp3) is 0.618. The van der Waals surface area contributed by atoms with E-state index in [1.165, 1.54) is 6.07 Å². The van der Waals surface area contributed by atoms with E-state index in [0.717, 1.165) is 0 Å². The van der Waals surface area contributed by atoms with Gasteiger partial charge in [-0.15, -0.1) is 0 Å². The van der Waals surface area contributed by atoms with E-state index in [-0.39, 0.29) is 28.9 Å². The van der Waals surface area contributed by atoms with Crippen molar-refractivity contribution in [2.45, 2.75) is 115 Å². The van der Waals surface area contributed by atoms with E-state index in [1.807, 2.05) is 0 Å². The summed E-state index contributed by atoms with van der Waals surface area (Å²) in [5.74, 6) is -2.66. The molecule has 3 aliphatic heterocycles. The third-order valence-corrected chi connectivity index (χ3v) is 14.8. The zero-order chi connectivity index (χ0) is 33.6. The average Bonchev–Trinajstić information content (AvgIpc) is 3.45. The molecule has 1 aromatic heterocycles. The Labute approximate surface area is 268 Å².